The van der Waals surface area contributed by atoms with Gasteiger partial charge in [-0.3, -0.25) is 4.79 Å². The zero-order valence-corrected chi connectivity index (χ0v) is 8.31. The van der Waals surface area contributed by atoms with E-state index in [4.69, 9.17) is 0 Å². The Labute approximate surface area is 74.5 Å². The molecule has 0 aromatic heterocycles. The lowest BCUT2D eigenvalue weighted by Crippen LogP contribution is -2.29. The van der Waals surface area contributed by atoms with Crippen LogP contribution in [0.25, 0.3) is 0 Å². The lowest BCUT2D eigenvalue weighted by atomic mass is 9.79. The minimum Gasteiger partial charge on any atom is -0.298 e. The minimum atomic E-state index is -0.0279. The molecule has 0 aliphatic heterocycles. The first-order chi connectivity index (χ1) is 5.47. The first-order valence-electron chi connectivity index (χ1n) is 5.02. The Hall–Kier alpha value is -0.330. The number of hydrogen-bond acceptors (Lipinski definition) is 1. The third-order valence-electron chi connectivity index (χ3n) is 4.04. The van der Waals surface area contributed by atoms with E-state index in [2.05, 4.69) is 20.8 Å². The summed E-state index contributed by atoms with van der Waals surface area (Å²) in [6.45, 7) is 6.40. The first kappa shape index (κ1) is 8.28. The van der Waals surface area contributed by atoms with E-state index in [-0.39, 0.29) is 10.8 Å². The topological polar surface area (TPSA) is 17.1 Å². The molecule has 2 rings (SSSR count). The molecule has 2 fully saturated rings. The van der Waals surface area contributed by atoms with Gasteiger partial charge >= 0.3 is 0 Å². The Balaban J connectivity index is 2.36. The van der Waals surface area contributed by atoms with Gasteiger partial charge in [0, 0.05) is 10.8 Å². The quantitative estimate of drug-likeness (QED) is 0.541. The molecule has 0 aromatic carbocycles. The molecule has 2 aliphatic carbocycles. The molecule has 0 spiro atoms. The molecule has 12 heavy (non-hydrogen) atoms. The van der Waals surface area contributed by atoms with Crippen LogP contribution in [0.4, 0.5) is 0 Å². The summed E-state index contributed by atoms with van der Waals surface area (Å²) in [5.41, 5.74) is 0.0311. The molecular formula is C11H18O. The van der Waals surface area contributed by atoms with E-state index in [1.165, 1.54) is 12.8 Å². The highest BCUT2D eigenvalue weighted by atomic mass is 16.1. The number of ketones is 1. The van der Waals surface area contributed by atoms with Gasteiger partial charge < -0.3 is 0 Å². The van der Waals surface area contributed by atoms with Crippen molar-refractivity contribution >= 4 is 5.78 Å². The third-order valence-corrected chi connectivity index (χ3v) is 4.04. The summed E-state index contributed by atoms with van der Waals surface area (Å²) in [7, 11) is 0. The van der Waals surface area contributed by atoms with Crippen LogP contribution in [0.5, 0.6) is 0 Å². The highest BCUT2D eigenvalue weighted by molar-refractivity contribution is 5.92. The Morgan fingerprint density at radius 2 is 2.00 bits per heavy atom. The van der Waals surface area contributed by atoms with Crippen molar-refractivity contribution < 1.29 is 4.79 Å². The van der Waals surface area contributed by atoms with Gasteiger partial charge in [0.25, 0.3) is 0 Å². The zero-order valence-electron chi connectivity index (χ0n) is 8.31. The van der Waals surface area contributed by atoms with Crippen LogP contribution in [0.2, 0.25) is 0 Å². The predicted molar refractivity (Wildman–Crippen MR) is 48.9 cm³/mol. The maximum atomic E-state index is 12.0. The van der Waals surface area contributed by atoms with Crippen molar-refractivity contribution in [1.82, 2.24) is 0 Å². The van der Waals surface area contributed by atoms with E-state index in [1.807, 2.05) is 0 Å². The number of carbonyl (C=O) groups is 1. The van der Waals surface area contributed by atoms with E-state index in [0.29, 0.717) is 11.7 Å². The molecule has 0 bridgehead atoms. The highest BCUT2D eigenvalue weighted by Gasteiger charge is 2.56. The van der Waals surface area contributed by atoms with E-state index < -0.39 is 0 Å². The molecule has 2 aliphatic rings. The summed E-state index contributed by atoms with van der Waals surface area (Å²) in [5, 5.41) is 0. The van der Waals surface area contributed by atoms with E-state index >= 15 is 0 Å². The van der Waals surface area contributed by atoms with Gasteiger partial charge in [-0.15, -0.1) is 0 Å². The van der Waals surface area contributed by atoms with Crippen molar-refractivity contribution in [2.45, 2.75) is 46.5 Å². The maximum absolute atomic E-state index is 12.0. The van der Waals surface area contributed by atoms with Crippen LogP contribution >= 0.6 is 0 Å². The Morgan fingerprint density at radius 1 is 1.33 bits per heavy atom. The molecule has 0 saturated heterocycles. The number of hydrogen-bond donors (Lipinski definition) is 0. The smallest absolute Gasteiger partial charge is 0.144 e. The van der Waals surface area contributed by atoms with Gasteiger partial charge in [-0.25, -0.2) is 0 Å². The van der Waals surface area contributed by atoms with Crippen LogP contribution in [0.15, 0.2) is 0 Å². The highest BCUT2D eigenvalue weighted by Crippen LogP contribution is 2.57. The fourth-order valence-corrected chi connectivity index (χ4v) is 3.35. The third kappa shape index (κ3) is 0.826. The molecule has 0 N–H and O–H groups in total. The largest absolute Gasteiger partial charge is 0.298 e. The van der Waals surface area contributed by atoms with Gasteiger partial charge in [0.1, 0.15) is 5.78 Å². The molecule has 68 valence electrons. The minimum absolute atomic E-state index is 0.0279. The van der Waals surface area contributed by atoms with Gasteiger partial charge in [-0.1, -0.05) is 27.2 Å². The molecule has 1 nitrogen and oxygen atoms in total. The fraction of sp³-hybridized carbons (Fsp3) is 0.909. The van der Waals surface area contributed by atoms with E-state index in [0.717, 1.165) is 12.8 Å². The predicted octanol–water partition coefficient (Wildman–Crippen LogP) is 2.79. The van der Waals surface area contributed by atoms with Gasteiger partial charge in [0.2, 0.25) is 0 Å². The van der Waals surface area contributed by atoms with Gasteiger partial charge in [-0.05, 0) is 25.2 Å². The summed E-state index contributed by atoms with van der Waals surface area (Å²) in [6, 6.07) is 0. The summed E-state index contributed by atoms with van der Waals surface area (Å²) in [6.07, 6.45) is 4.82. The van der Waals surface area contributed by atoms with Crippen molar-refractivity contribution in [3.63, 3.8) is 0 Å². The first-order valence-corrected chi connectivity index (χ1v) is 5.02. The maximum Gasteiger partial charge on any atom is 0.144 e. The molecule has 2 atom stereocenters. The van der Waals surface area contributed by atoms with Crippen LogP contribution in [0, 0.1) is 16.7 Å². The Kier molecular flexibility index (Phi) is 1.47. The number of rotatable bonds is 0. The molecule has 0 radical (unpaired) electrons. The normalized spacial score (nSPS) is 44.9. The van der Waals surface area contributed by atoms with Crippen molar-refractivity contribution in [3.05, 3.63) is 0 Å². The van der Waals surface area contributed by atoms with E-state index in [1.54, 1.807) is 0 Å². The Bertz CT molecular complexity index is 229. The van der Waals surface area contributed by atoms with Gasteiger partial charge in [0.05, 0.1) is 0 Å². The molecule has 1 heteroatoms. The van der Waals surface area contributed by atoms with Crippen molar-refractivity contribution in [1.29, 1.82) is 0 Å². The number of Topliss-reactive ketones (excluding diaryl/α,β-unsaturated/α-hetero) is 1. The molecule has 2 saturated carbocycles. The average Bonchev–Trinajstić information content (AvgIpc) is 2.37. The van der Waals surface area contributed by atoms with Crippen molar-refractivity contribution in [2.75, 3.05) is 0 Å². The van der Waals surface area contributed by atoms with Gasteiger partial charge in [0.15, 0.2) is 0 Å². The second-order valence-corrected chi connectivity index (χ2v) is 5.42. The summed E-state index contributed by atoms with van der Waals surface area (Å²) in [5.74, 6) is 1.22. The molecule has 0 aromatic rings. The molecule has 0 heterocycles. The standard InChI is InChI=1S/C11H18O/c1-10(2)7-8-5-4-6-11(8,3)9(10)12/h8H,4-7H2,1-3H3/t8-,11-/m1/s1. The number of fused-ring (bicyclic) bond motifs is 1. The van der Waals surface area contributed by atoms with Crippen LogP contribution in [-0.2, 0) is 4.79 Å². The van der Waals surface area contributed by atoms with Gasteiger partial charge in [-0.2, -0.15) is 0 Å². The Morgan fingerprint density at radius 3 is 2.58 bits per heavy atom. The SMILES string of the molecule is CC1(C)C[C@H]2CCC[C@@]2(C)C1=O. The summed E-state index contributed by atoms with van der Waals surface area (Å²) < 4.78 is 0. The number of carbonyl (C=O) groups excluding carboxylic acids is 1. The molecule has 0 amide bonds. The van der Waals surface area contributed by atoms with E-state index in [9.17, 15) is 4.79 Å². The molecular weight excluding hydrogens is 148 g/mol. The van der Waals surface area contributed by atoms with Crippen molar-refractivity contribution in [3.8, 4) is 0 Å². The fourth-order valence-electron chi connectivity index (χ4n) is 3.35. The monoisotopic (exact) mass is 166 g/mol. The summed E-state index contributed by atoms with van der Waals surface area (Å²) >= 11 is 0. The van der Waals surface area contributed by atoms with Crippen LogP contribution in [-0.4, -0.2) is 5.78 Å². The second-order valence-electron chi connectivity index (χ2n) is 5.42. The summed E-state index contributed by atoms with van der Waals surface area (Å²) in [4.78, 5) is 12.0. The van der Waals surface area contributed by atoms with Crippen LogP contribution in [0.3, 0.4) is 0 Å². The molecule has 0 unspecified atom stereocenters. The van der Waals surface area contributed by atoms with Crippen LogP contribution in [0.1, 0.15) is 46.5 Å². The average molecular weight is 166 g/mol. The lowest BCUT2D eigenvalue weighted by Gasteiger charge is -2.23. The zero-order chi connectivity index (χ0) is 8.98. The van der Waals surface area contributed by atoms with Crippen molar-refractivity contribution in [2.24, 2.45) is 16.7 Å². The van der Waals surface area contributed by atoms with Crippen LogP contribution < -0.4 is 0 Å². The second kappa shape index (κ2) is 2.12. The lowest BCUT2D eigenvalue weighted by molar-refractivity contribution is -0.132.